The number of nitrogens with zero attached hydrogens (tertiary/aromatic N) is 3. The third-order valence-electron chi connectivity index (χ3n) is 6.78. The van der Waals surface area contributed by atoms with Gasteiger partial charge in [-0.05, 0) is 48.4 Å². The molecular weight excluding hydrogens is 438 g/mol. The highest BCUT2D eigenvalue weighted by Crippen LogP contribution is 2.37. The number of fused-ring (bicyclic) bond motifs is 4. The second kappa shape index (κ2) is 8.47. The molecular formula is C29H25N3O3. The van der Waals surface area contributed by atoms with Crippen LogP contribution in [-0.2, 0) is 16.1 Å². The Kier molecular flexibility index (Phi) is 5.14. The van der Waals surface area contributed by atoms with E-state index in [2.05, 4.69) is 54.0 Å². The molecule has 1 unspecified atom stereocenters. The van der Waals surface area contributed by atoms with Crippen LogP contribution in [0.5, 0.6) is 5.75 Å². The van der Waals surface area contributed by atoms with Gasteiger partial charge in [0, 0.05) is 18.4 Å². The van der Waals surface area contributed by atoms with E-state index in [1.807, 2.05) is 53.6 Å². The molecule has 0 saturated carbocycles. The molecule has 3 aromatic carbocycles. The number of ether oxygens (including phenoxy) is 1. The van der Waals surface area contributed by atoms with Crippen molar-refractivity contribution in [3.05, 3.63) is 114 Å². The Balaban J connectivity index is 1.44. The summed E-state index contributed by atoms with van der Waals surface area (Å²) in [5, 5.41) is 0. The highest BCUT2D eigenvalue weighted by atomic mass is 16.5. The van der Waals surface area contributed by atoms with E-state index < -0.39 is 0 Å². The van der Waals surface area contributed by atoms with Crippen molar-refractivity contribution in [3.63, 3.8) is 0 Å². The van der Waals surface area contributed by atoms with E-state index in [1.54, 1.807) is 4.90 Å². The molecule has 0 fully saturated rings. The molecule has 4 aromatic rings. The van der Waals surface area contributed by atoms with Gasteiger partial charge in [-0.25, -0.2) is 0 Å². The zero-order valence-corrected chi connectivity index (χ0v) is 19.4. The second-order valence-electron chi connectivity index (χ2n) is 9.00. The first-order valence-electron chi connectivity index (χ1n) is 11.7. The summed E-state index contributed by atoms with van der Waals surface area (Å²) in [7, 11) is 0. The van der Waals surface area contributed by atoms with Crippen molar-refractivity contribution < 1.29 is 14.3 Å². The Bertz CT molecular complexity index is 1420. The number of carbonyl (C=O) groups excluding carboxylic acids is 2. The molecule has 0 N–H and O–H groups in total. The third kappa shape index (κ3) is 3.67. The largest absolute Gasteiger partial charge is 0.482 e. The highest BCUT2D eigenvalue weighted by molar-refractivity contribution is 6.02. The lowest BCUT2D eigenvalue weighted by atomic mass is 10.00. The van der Waals surface area contributed by atoms with Gasteiger partial charge in [-0.2, -0.15) is 0 Å². The predicted molar refractivity (Wildman–Crippen MR) is 134 cm³/mol. The second-order valence-corrected chi connectivity index (χ2v) is 9.00. The standard InChI is InChI=1S/C29H25N3O3/c1-20-12-14-21(15-13-20)29-25-10-6-16-30(25)23-8-3-2-7-22(23)17-32(29)27(33)18-31-24-9-4-5-11-26(24)35-19-28(31)34/h2-16,29H,17-19H2,1H3. The van der Waals surface area contributed by atoms with E-state index in [0.29, 0.717) is 18.0 Å². The number of hydrogen-bond donors (Lipinski definition) is 0. The quantitative estimate of drug-likeness (QED) is 0.445. The van der Waals surface area contributed by atoms with E-state index >= 15 is 0 Å². The van der Waals surface area contributed by atoms with Gasteiger partial charge < -0.3 is 14.2 Å². The van der Waals surface area contributed by atoms with Gasteiger partial charge in [0.2, 0.25) is 5.91 Å². The first-order chi connectivity index (χ1) is 17.1. The first kappa shape index (κ1) is 21.2. The molecule has 6 heteroatoms. The minimum atomic E-state index is -0.295. The number of anilines is 1. The number of aryl methyl sites for hydroxylation is 1. The van der Waals surface area contributed by atoms with Crippen LogP contribution >= 0.6 is 0 Å². The Hall–Kier alpha value is -4.32. The maximum Gasteiger partial charge on any atom is 0.265 e. The average Bonchev–Trinajstić information content (AvgIpc) is 3.31. The van der Waals surface area contributed by atoms with Crippen molar-refractivity contribution >= 4 is 17.5 Å². The zero-order valence-electron chi connectivity index (χ0n) is 19.4. The van der Waals surface area contributed by atoms with Crippen LogP contribution in [0.25, 0.3) is 5.69 Å². The van der Waals surface area contributed by atoms with Crippen LogP contribution < -0.4 is 9.64 Å². The van der Waals surface area contributed by atoms with Crippen molar-refractivity contribution in [1.29, 1.82) is 0 Å². The molecule has 2 amide bonds. The first-order valence-corrected chi connectivity index (χ1v) is 11.7. The van der Waals surface area contributed by atoms with Crippen LogP contribution in [0, 0.1) is 6.92 Å². The van der Waals surface area contributed by atoms with Crippen molar-refractivity contribution in [3.8, 4) is 11.4 Å². The number of hydrogen-bond acceptors (Lipinski definition) is 3. The van der Waals surface area contributed by atoms with Crippen LogP contribution in [0.3, 0.4) is 0 Å². The Labute approximate surface area is 204 Å². The average molecular weight is 464 g/mol. The predicted octanol–water partition coefficient (Wildman–Crippen LogP) is 4.64. The number of amides is 2. The van der Waals surface area contributed by atoms with Crippen molar-refractivity contribution in [2.75, 3.05) is 18.1 Å². The van der Waals surface area contributed by atoms with Gasteiger partial charge in [0.05, 0.1) is 17.4 Å². The minimum Gasteiger partial charge on any atom is -0.482 e. The number of aromatic nitrogens is 1. The number of rotatable bonds is 3. The Morgan fingerprint density at radius 2 is 1.66 bits per heavy atom. The SMILES string of the molecule is Cc1ccc(C2c3cccn3-c3ccccc3CN2C(=O)CN2C(=O)COc3ccccc32)cc1. The molecule has 0 bridgehead atoms. The van der Waals surface area contributed by atoms with Gasteiger partial charge in [0.1, 0.15) is 12.3 Å². The molecule has 2 aliphatic rings. The molecule has 0 aliphatic carbocycles. The summed E-state index contributed by atoms with van der Waals surface area (Å²) in [5.74, 6) is 0.276. The smallest absolute Gasteiger partial charge is 0.265 e. The van der Waals surface area contributed by atoms with Crippen LogP contribution in [-0.4, -0.2) is 34.4 Å². The van der Waals surface area contributed by atoms with Gasteiger partial charge in [-0.1, -0.05) is 60.2 Å². The fraction of sp³-hybridized carbons (Fsp3) is 0.172. The van der Waals surface area contributed by atoms with Crippen molar-refractivity contribution in [1.82, 2.24) is 9.47 Å². The molecule has 2 aliphatic heterocycles. The fourth-order valence-electron chi connectivity index (χ4n) is 5.04. The lowest BCUT2D eigenvalue weighted by Gasteiger charge is -2.34. The molecule has 1 aromatic heterocycles. The number of para-hydroxylation sites is 3. The van der Waals surface area contributed by atoms with Crippen LogP contribution in [0.4, 0.5) is 5.69 Å². The normalized spacial score (nSPS) is 16.6. The van der Waals surface area contributed by atoms with Gasteiger partial charge in [0.25, 0.3) is 5.91 Å². The van der Waals surface area contributed by atoms with Gasteiger partial charge >= 0.3 is 0 Å². The van der Waals surface area contributed by atoms with Crippen LogP contribution in [0.15, 0.2) is 91.1 Å². The van der Waals surface area contributed by atoms with E-state index in [0.717, 1.165) is 28.1 Å². The summed E-state index contributed by atoms with van der Waals surface area (Å²) in [5.41, 5.74) is 5.96. The maximum atomic E-state index is 14.0. The van der Waals surface area contributed by atoms with Crippen LogP contribution in [0.2, 0.25) is 0 Å². The monoisotopic (exact) mass is 463 g/mol. The van der Waals surface area contributed by atoms with Gasteiger partial charge in [-0.15, -0.1) is 0 Å². The van der Waals surface area contributed by atoms with Gasteiger partial charge in [0.15, 0.2) is 6.61 Å². The molecule has 0 saturated heterocycles. The lowest BCUT2D eigenvalue weighted by molar-refractivity contribution is -0.134. The van der Waals surface area contributed by atoms with Crippen LogP contribution in [0.1, 0.15) is 28.4 Å². The lowest BCUT2D eigenvalue weighted by Crippen LogP contribution is -2.47. The molecule has 6 rings (SSSR count). The van der Waals surface area contributed by atoms with Crippen molar-refractivity contribution in [2.45, 2.75) is 19.5 Å². The Morgan fingerprint density at radius 1 is 0.914 bits per heavy atom. The van der Waals surface area contributed by atoms with E-state index in [-0.39, 0.29) is 31.0 Å². The Morgan fingerprint density at radius 3 is 2.49 bits per heavy atom. The van der Waals surface area contributed by atoms with E-state index in [4.69, 9.17) is 4.74 Å². The fourth-order valence-corrected chi connectivity index (χ4v) is 5.04. The van der Waals surface area contributed by atoms with E-state index in [1.165, 1.54) is 0 Å². The molecule has 0 radical (unpaired) electrons. The van der Waals surface area contributed by atoms with Gasteiger partial charge in [-0.3, -0.25) is 14.5 Å². The zero-order chi connectivity index (χ0) is 23.9. The van der Waals surface area contributed by atoms with E-state index in [9.17, 15) is 9.59 Å². The maximum absolute atomic E-state index is 14.0. The summed E-state index contributed by atoms with van der Waals surface area (Å²) >= 11 is 0. The number of carbonyl (C=O) groups is 2. The molecule has 174 valence electrons. The molecule has 1 atom stereocenters. The van der Waals surface area contributed by atoms with Crippen molar-refractivity contribution in [2.24, 2.45) is 0 Å². The highest BCUT2D eigenvalue weighted by Gasteiger charge is 2.35. The summed E-state index contributed by atoms with van der Waals surface area (Å²) in [4.78, 5) is 30.3. The topological polar surface area (TPSA) is 54.8 Å². The summed E-state index contributed by atoms with van der Waals surface area (Å²) in [6.07, 6.45) is 2.05. The molecule has 0 spiro atoms. The minimum absolute atomic E-state index is 0.0511. The summed E-state index contributed by atoms with van der Waals surface area (Å²) < 4.78 is 7.75. The summed E-state index contributed by atoms with van der Waals surface area (Å²) in [6, 6.07) is 27.6. The molecule has 6 nitrogen and oxygen atoms in total. The molecule has 3 heterocycles. The molecule has 35 heavy (non-hydrogen) atoms. The number of benzene rings is 3. The third-order valence-corrected chi connectivity index (χ3v) is 6.78. The summed E-state index contributed by atoms with van der Waals surface area (Å²) in [6.45, 7) is 2.37.